The molecule has 1 aromatic carbocycles. The first-order chi connectivity index (χ1) is 16.3. The van der Waals surface area contributed by atoms with Crippen molar-refractivity contribution in [2.75, 3.05) is 13.2 Å². The van der Waals surface area contributed by atoms with Gasteiger partial charge in [-0.1, -0.05) is 76.8 Å². The van der Waals surface area contributed by atoms with E-state index in [4.69, 9.17) is 9.84 Å². The average Bonchev–Trinajstić information content (AvgIpc) is 2.84. The van der Waals surface area contributed by atoms with E-state index in [0.29, 0.717) is 6.54 Å². The molecule has 196 valence electrons. The van der Waals surface area contributed by atoms with E-state index in [1.165, 1.54) is 62.8 Å². The number of para-hydroxylation sites is 1. The minimum atomic E-state index is -1.90. The lowest BCUT2D eigenvalue weighted by Gasteiger charge is -2.31. The number of carbonyl (C=O) groups excluding carboxylic acids is 1. The molecule has 0 saturated heterocycles. The molecule has 0 aromatic heterocycles. The van der Waals surface area contributed by atoms with E-state index in [1.54, 1.807) is 0 Å². The zero-order chi connectivity index (χ0) is 25.3. The molecule has 7 N–H and O–H groups in total. The molecule has 0 radical (unpaired) electrons. The largest absolute Gasteiger partial charge is 0.507 e. The van der Waals surface area contributed by atoms with Gasteiger partial charge in [0, 0.05) is 0 Å². The normalized spacial score (nSPS) is 15.9. The van der Waals surface area contributed by atoms with Crippen molar-refractivity contribution >= 4 is 5.97 Å². The van der Waals surface area contributed by atoms with Crippen LogP contribution in [0.1, 0.15) is 81.5 Å². The fourth-order valence-electron chi connectivity index (χ4n) is 3.63. The summed E-state index contributed by atoms with van der Waals surface area (Å²) in [6.45, 7) is 1.75. The summed E-state index contributed by atoms with van der Waals surface area (Å²) in [5.41, 5.74) is -0.120. The van der Waals surface area contributed by atoms with Crippen LogP contribution in [-0.4, -0.2) is 80.4 Å². The lowest BCUT2D eigenvalue weighted by molar-refractivity contribution is -0.146. The van der Waals surface area contributed by atoms with E-state index in [0.717, 1.165) is 25.7 Å². The maximum Gasteiger partial charge on any atom is 0.343 e. The van der Waals surface area contributed by atoms with Crippen LogP contribution in [0, 0.1) is 0 Å². The molecule has 0 spiro atoms. The molecule has 1 rings (SSSR count). The predicted octanol–water partition coefficient (Wildman–Crippen LogP) is 1.82. The van der Waals surface area contributed by atoms with Crippen LogP contribution in [-0.2, 0) is 4.74 Å². The smallest absolute Gasteiger partial charge is 0.343 e. The van der Waals surface area contributed by atoms with Gasteiger partial charge in [-0.3, -0.25) is 5.32 Å². The summed E-state index contributed by atoms with van der Waals surface area (Å²) in [5, 5.41) is 62.0. The number of ether oxygens (including phenoxy) is 1. The second-order valence-corrected chi connectivity index (χ2v) is 8.70. The number of nitrogens with one attached hydrogen (secondary N) is 1. The Bertz CT molecular complexity index is 674. The number of aromatic hydroxyl groups is 1. The first-order valence-electron chi connectivity index (χ1n) is 12.4. The molecule has 0 aliphatic rings. The molecule has 0 bridgehead atoms. The van der Waals surface area contributed by atoms with Gasteiger partial charge in [0.05, 0.1) is 6.61 Å². The molecule has 1 unspecified atom stereocenters. The molecule has 0 saturated carbocycles. The number of rotatable bonds is 19. The van der Waals surface area contributed by atoms with Crippen LogP contribution in [0.5, 0.6) is 5.75 Å². The Morgan fingerprint density at radius 3 is 1.97 bits per heavy atom. The van der Waals surface area contributed by atoms with E-state index in [1.807, 2.05) is 0 Å². The van der Waals surface area contributed by atoms with Crippen LogP contribution < -0.4 is 5.32 Å². The number of esters is 1. The van der Waals surface area contributed by atoms with Crippen molar-refractivity contribution in [3.8, 4) is 5.75 Å². The van der Waals surface area contributed by atoms with Gasteiger partial charge in [-0.05, 0) is 25.1 Å². The summed E-state index contributed by atoms with van der Waals surface area (Å²) in [7, 11) is 0. The summed E-state index contributed by atoms with van der Waals surface area (Å²) < 4.78 is 5.28. The highest BCUT2D eigenvalue weighted by Gasteiger charge is 2.36. The summed E-state index contributed by atoms with van der Waals surface area (Å²) in [4.78, 5) is 12.5. The molecule has 1 aromatic rings. The summed E-state index contributed by atoms with van der Waals surface area (Å²) in [5.74, 6) is -1.23. The first-order valence-corrected chi connectivity index (χ1v) is 12.4. The molecular weight excluding hydrogens is 442 g/mol. The van der Waals surface area contributed by atoms with Gasteiger partial charge in [-0.25, -0.2) is 4.79 Å². The highest BCUT2D eigenvalue weighted by molar-refractivity contribution is 5.92. The molecule has 0 amide bonds. The Balaban J connectivity index is 2.58. The first kappa shape index (κ1) is 30.3. The van der Waals surface area contributed by atoms with Crippen molar-refractivity contribution < 1.29 is 40.2 Å². The third-order valence-electron chi connectivity index (χ3n) is 5.83. The van der Waals surface area contributed by atoms with Crippen LogP contribution >= 0.6 is 0 Å². The van der Waals surface area contributed by atoms with Crippen molar-refractivity contribution in [2.45, 2.75) is 102 Å². The van der Waals surface area contributed by atoms with Gasteiger partial charge in [0.15, 0.2) is 6.23 Å². The fraction of sp³-hybridized carbons (Fsp3) is 0.720. The van der Waals surface area contributed by atoms with Crippen molar-refractivity contribution in [3.63, 3.8) is 0 Å². The Morgan fingerprint density at radius 1 is 0.853 bits per heavy atom. The lowest BCUT2D eigenvalue weighted by Crippen LogP contribution is -2.55. The standard InChI is InChI=1S/C25H43NO8/c1-2-3-4-5-6-7-8-9-10-13-16-26-24(23(32)22(31)21(30)20(29)17-27)34-25(33)18-14-11-12-15-19(18)28/h11-12,14-15,20-24,26-32H,2-10,13,16-17H2,1H3/t20-,21-,22+,23-,24?/m1/s1. The maximum absolute atomic E-state index is 12.5. The van der Waals surface area contributed by atoms with Crippen molar-refractivity contribution in [1.29, 1.82) is 0 Å². The minimum Gasteiger partial charge on any atom is -0.507 e. The number of carbonyl (C=O) groups is 1. The van der Waals surface area contributed by atoms with E-state index < -0.39 is 43.2 Å². The predicted molar refractivity (Wildman–Crippen MR) is 128 cm³/mol. The van der Waals surface area contributed by atoms with Crippen molar-refractivity contribution in [3.05, 3.63) is 29.8 Å². The second-order valence-electron chi connectivity index (χ2n) is 8.70. The molecule has 0 heterocycles. The van der Waals surface area contributed by atoms with Crippen LogP contribution in [0.15, 0.2) is 24.3 Å². The molecule has 0 aliphatic heterocycles. The van der Waals surface area contributed by atoms with Crippen LogP contribution in [0.4, 0.5) is 0 Å². The summed E-state index contributed by atoms with van der Waals surface area (Å²) in [6.07, 6.45) is 2.78. The summed E-state index contributed by atoms with van der Waals surface area (Å²) >= 11 is 0. The topological polar surface area (TPSA) is 160 Å². The molecule has 0 fully saturated rings. The van der Waals surface area contributed by atoms with E-state index in [-0.39, 0.29) is 11.3 Å². The third-order valence-corrected chi connectivity index (χ3v) is 5.83. The Labute approximate surface area is 202 Å². The third kappa shape index (κ3) is 11.1. The van der Waals surface area contributed by atoms with Gasteiger partial charge in [0.1, 0.15) is 35.7 Å². The second kappa shape index (κ2) is 17.7. The molecular formula is C25H43NO8. The van der Waals surface area contributed by atoms with Gasteiger partial charge >= 0.3 is 5.97 Å². The number of aliphatic hydroxyl groups excluding tert-OH is 5. The molecule has 9 nitrogen and oxygen atoms in total. The Hall–Kier alpha value is -1.75. The number of hydrogen-bond acceptors (Lipinski definition) is 9. The minimum absolute atomic E-state index is 0.120. The quantitative estimate of drug-likeness (QED) is 0.0881. The number of phenols is 1. The van der Waals surface area contributed by atoms with Crippen LogP contribution in [0.3, 0.4) is 0 Å². The number of aliphatic hydroxyl groups is 5. The zero-order valence-electron chi connectivity index (χ0n) is 20.2. The summed E-state index contributed by atoms with van der Waals surface area (Å²) in [6, 6.07) is 5.74. The fourth-order valence-corrected chi connectivity index (χ4v) is 3.63. The molecule has 9 heteroatoms. The number of phenolic OH excluding ortho intramolecular Hbond substituents is 1. The highest BCUT2D eigenvalue weighted by Crippen LogP contribution is 2.19. The van der Waals surface area contributed by atoms with E-state index in [2.05, 4.69) is 12.2 Å². The monoisotopic (exact) mass is 485 g/mol. The average molecular weight is 486 g/mol. The lowest BCUT2D eigenvalue weighted by atomic mass is 10.0. The number of benzene rings is 1. The van der Waals surface area contributed by atoms with Gasteiger partial charge in [-0.2, -0.15) is 0 Å². The molecule has 5 atom stereocenters. The number of hydrogen-bond donors (Lipinski definition) is 7. The van der Waals surface area contributed by atoms with Crippen molar-refractivity contribution in [2.24, 2.45) is 0 Å². The number of unbranched alkanes of at least 4 members (excludes halogenated alkanes) is 9. The Morgan fingerprint density at radius 2 is 1.41 bits per heavy atom. The van der Waals surface area contributed by atoms with E-state index in [9.17, 15) is 30.3 Å². The van der Waals surface area contributed by atoms with Crippen LogP contribution in [0.2, 0.25) is 0 Å². The van der Waals surface area contributed by atoms with E-state index >= 15 is 0 Å². The molecule has 34 heavy (non-hydrogen) atoms. The van der Waals surface area contributed by atoms with Crippen LogP contribution in [0.25, 0.3) is 0 Å². The Kier molecular flexibility index (Phi) is 15.7. The SMILES string of the molecule is CCCCCCCCCCCCNC(OC(=O)c1ccccc1O)[C@H](O)[C@@H](O)[C@H](O)[C@H](O)CO. The van der Waals surface area contributed by atoms with Gasteiger partial charge < -0.3 is 35.4 Å². The van der Waals surface area contributed by atoms with Gasteiger partial charge in [0.2, 0.25) is 0 Å². The zero-order valence-corrected chi connectivity index (χ0v) is 20.2. The van der Waals surface area contributed by atoms with Crippen molar-refractivity contribution in [1.82, 2.24) is 5.32 Å². The highest BCUT2D eigenvalue weighted by atomic mass is 16.6. The molecule has 0 aliphatic carbocycles. The van der Waals surface area contributed by atoms with Gasteiger partial charge in [0.25, 0.3) is 0 Å². The van der Waals surface area contributed by atoms with Gasteiger partial charge in [-0.15, -0.1) is 0 Å². The maximum atomic E-state index is 12.5.